The normalized spacial score (nSPS) is 12.4. The number of hydrogen-bond acceptors (Lipinski definition) is 1. The fourth-order valence-corrected chi connectivity index (χ4v) is 1.65. The molecule has 1 heteroatoms. The van der Waals surface area contributed by atoms with Crippen molar-refractivity contribution in [2.75, 3.05) is 0 Å². The van der Waals surface area contributed by atoms with Gasteiger partial charge in [-0.1, -0.05) is 37.3 Å². The van der Waals surface area contributed by atoms with Crippen LogP contribution in [-0.2, 0) is 11.2 Å². The summed E-state index contributed by atoms with van der Waals surface area (Å²) in [4.78, 5) is 10.9. The minimum absolute atomic E-state index is 0.297. The molecule has 0 aliphatic heterocycles. The molecule has 0 aliphatic rings. The van der Waals surface area contributed by atoms with Crippen molar-refractivity contribution >= 4 is 5.78 Å². The van der Waals surface area contributed by atoms with Crippen LogP contribution in [0.15, 0.2) is 30.3 Å². The van der Waals surface area contributed by atoms with Crippen molar-refractivity contribution in [1.29, 1.82) is 0 Å². The van der Waals surface area contributed by atoms with Crippen LogP contribution in [0.5, 0.6) is 0 Å². The summed E-state index contributed by atoms with van der Waals surface area (Å²) in [5.41, 5.74) is 1.36. The molecule has 0 unspecified atom stereocenters. The van der Waals surface area contributed by atoms with E-state index in [0.29, 0.717) is 18.1 Å². The molecule has 14 heavy (non-hydrogen) atoms. The molecule has 1 aromatic rings. The van der Waals surface area contributed by atoms with Crippen LogP contribution in [0, 0.1) is 5.92 Å². The van der Waals surface area contributed by atoms with E-state index in [4.69, 9.17) is 0 Å². The molecule has 1 aromatic carbocycles. The second kappa shape index (κ2) is 5.58. The molecular weight excluding hydrogens is 172 g/mol. The lowest BCUT2D eigenvalue weighted by Gasteiger charge is -2.08. The molecule has 0 spiro atoms. The predicted octanol–water partition coefficient (Wildman–Crippen LogP) is 3.23. The van der Waals surface area contributed by atoms with Gasteiger partial charge in [0.15, 0.2) is 0 Å². The zero-order valence-corrected chi connectivity index (χ0v) is 8.99. The molecule has 0 aliphatic carbocycles. The van der Waals surface area contributed by atoms with E-state index in [1.807, 2.05) is 6.07 Å². The zero-order chi connectivity index (χ0) is 10.4. The SMILES string of the molecule is CC(=O)C[C@@H](C)CCc1ccccc1. The summed E-state index contributed by atoms with van der Waals surface area (Å²) in [6, 6.07) is 10.4. The number of benzene rings is 1. The average molecular weight is 190 g/mol. The van der Waals surface area contributed by atoms with Crippen molar-refractivity contribution in [2.24, 2.45) is 5.92 Å². The molecular formula is C13H18O. The number of aryl methyl sites for hydroxylation is 1. The summed E-state index contributed by atoms with van der Waals surface area (Å²) >= 11 is 0. The minimum Gasteiger partial charge on any atom is -0.300 e. The van der Waals surface area contributed by atoms with Gasteiger partial charge in [-0.25, -0.2) is 0 Å². The maximum absolute atomic E-state index is 10.9. The molecule has 1 atom stereocenters. The lowest BCUT2D eigenvalue weighted by Crippen LogP contribution is -2.03. The van der Waals surface area contributed by atoms with Crippen LogP contribution in [0.3, 0.4) is 0 Å². The fourth-order valence-electron chi connectivity index (χ4n) is 1.65. The highest BCUT2D eigenvalue weighted by atomic mass is 16.1. The van der Waals surface area contributed by atoms with E-state index < -0.39 is 0 Å². The second-order valence-corrected chi connectivity index (χ2v) is 4.04. The highest BCUT2D eigenvalue weighted by molar-refractivity contribution is 5.75. The zero-order valence-electron chi connectivity index (χ0n) is 8.99. The van der Waals surface area contributed by atoms with E-state index in [1.165, 1.54) is 5.56 Å². The van der Waals surface area contributed by atoms with Gasteiger partial charge in [-0.2, -0.15) is 0 Å². The topological polar surface area (TPSA) is 17.1 Å². The van der Waals surface area contributed by atoms with E-state index in [1.54, 1.807) is 6.92 Å². The number of carbonyl (C=O) groups excluding carboxylic acids is 1. The van der Waals surface area contributed by atoms with Gasteiger partial charge in [-0.3, -0.25) is 0 Å². The van der Waals surface area contributed by atoms with Gasteiger partial charge < -0.3 is 4.79 Å². The van der Waals surface area contributed by atoms with Gasteiger partial charge in [0.2, 0.25) is 0 Å². The molecule has 0 N–H and O–H groups in total. The highest BCUT2D eigenvalue weighted by Gasteiger charge is 2.05. The molecule has 0 heterocycles. The van der Waals surface area contributed by atoms with E-state index in [2.05, 4.69) is 31.2 Å². The first-order chi connectivity index (χ1) is 6.68. The summed E-state index contributed by atoms with van der Waals surface area (Å²) in [6.07, 6.45) is 2.89. The van der Waals surface area contributed by atoms with Gasteiger partial charge in [-0.05, 0) is 31.2 Å². The highest BCUT2D eigenvalue weighted by Crippen LogP contribution is 2.12. The Morgan fingerprint density at radius 2 is 1.93 bits per heavy atom. The maximum Gasteiger partial charge on any atom is 0.130 e. The lowest BCUT2D eigenvalue weighted by atomic mass is 9.97. The standard InChI is InChI=1S/C13H18O/c1-11(10-12(2)14)8-9-13-6-4-3-5-7-13/h3-7,11H,8-10H2,1-2H3/t11-/m0/s1. The fraction of sp³-hybridized carbons (Fsp3) is 0.462. The molecule has 0 radical (unpaired) electrons. The number of ketones is 1. The maximum atomic E-state index is 10.9. The number of Topliss-reactive ketones (excluding diaryl/α,β-unsaturated/α-hetero) is 1. The summed E-state index contributed by atoms with van der Waals surface area (Å²) in [7, 11) is 0. The van der Waals surface area contributed by atoms with Crippen LogP contribution in [0.2, 0.25) is 0 Å². The quantitative estimate of drug-likeness (QED) is 0.696. The van der Waals surface area contributed by atoms with Gasteiger partial charge in [0.1, 0.15) is 5.78 Å². The van der Waals surface area contributed by atoms with Gasteiger partial charge >= 0.3 is 0 Å². The summed E-state index contributed by atoms with van der Waals surface area (Å²) < 4.78 is 0. The second-order valence-electron chi connectivity index (χ2n) is 4.04. The molecule has 1 nitrogen and oxygen atoms in total. The molecule has 0 bridgehead atoms. The largest absolute Gasteiger partial charge is 0.300 e. The van der Waals surface area contributed by atoms with Gasteiger partial charge in [0, 0.05) is 6.42 Å². The lowest BCUT2D eigenvalue weighted by molar-refractivity contribution is -0.117. The monoisotopic (exact) mass is 190 g/mol. The molecule has 0 fully saturated rings. The van der Waals surface area contributed by atoms with Crippen LogP contribution in [0.25, 0.3) is 0 Å². The van der Waals surface area contributed by atoms with Crippen molar-refractivity contribution in [3.8, 4) is 0 Å². The first kappa shape index (κ1) is 11.0. The Kier molecular flexibility index (Phi) is 4.37. The predicted molar refractivity (Wildman–Crippen MR) is 59.2 cm³/mol. The van der Waals surface area contributed by atoms with Crippen molar-refractivity contribution in [3.05, 3.63) is 35.9 Å². The van der Waals surface area contributed by atoms with Crippen LogP contribution >= 0.6 is 0 Å². The van der Waals surface area contributed by atoms with Crippen LogP contribution in [0.4, 0.5) is 0 Å². The van der Waals surface area contributed by atoms with Crippen molar-refractivity contribution in [3.63, 3.8) is 0 Å². The Bertz CT molecular complexity index is 277. The van der Waals surface area contributed by atoms with Crippen molar-refractivity contribution < 1.29 is 4.79 Å². The Labute approximate surface area is 86.1 Å². The van der Waals surface area contributed by atoms with Crippen molar-refractivity contribution in [2.45, 2.75) is 33.1 Å². The smallest absolute Gasteiger partial charge is 0.130 e. The van der Waals surface area contributed by atoms with E-state index in [0.717, 1.165) is 12.8 Å². The van der Waals surface area contributed by atoms with E-state index >= 15 is 0 Å². The minimum atomic E-state index is 0.297. The van der Waals surface area contributed by atoms with Gasteiger partial charge in [0.25, 0.3) is 0 Å². The van der Waals surface area contributed by atoms with Crippen LogP contribution in [-0.4, -0.2) is 5.78 Å². The number of rotatable bonds is 5. The Morgan fingerprint density at radius 3 is 2.50 bits per heavy atom. The molecule has 76 valence electrons. The van der Waals surface area contributed by atoms with E-state index in [-0.39, 0.29) is 0 Å². The summed E-state index contributed by atoms with van der Waals surface area (Å²) in [5, 5.41) is 0. The third-order valence-corrected chi connectivity index (χ3v) is 2.40. The van der Waals surface area contributed by atoms with E-state index in [9.17, 15) is 4.79 Å². The molecule has 0 saturated carbocycles. The van der Waals surface area contributed by atoms with Crippen LogP contribution < -0.4 is 0 Å². The van der Waals surface area contributed by atoms with Crippen molar-refractivity contribution in [1.82, 2.24) is 0 Å². The Hall–Kier alpha value is -1.11. The average Bonchev–Trinajstić information content (AvgIpc) is 2.15. The molecule has 0 amide bonds. The number of hydrogen-bond donors (Lipinski definition) is 0. The third kappa shape index (κ3) is 4.22. The molecule has 0 saturated heterocycles. The molecule has 1 rings (SSSR count). The Balaban J connectivity index is 2.30. The van der Waals surface area contributed by atoms with Gasteiger partial charge in [0.05, 0.1) is 0 Å². The molecule has 0 aromatic heterocycles. The Morgan fingerprint density at radius 1 is 1.29 bits per heavy atom. The van der Waals surface area contributed by atoms with Gasteiger partial charge in [-0.15, -0.1) is 0 Å². The summed E-state index contributed by atoms with van der Waals surface area (Å²) in [5.74, 6) is 0.804. The first-order valence-electron chi connectivity index (χ1n) is 5.22. The third-order valence-electron chi connectivity index (χ3n) is 2.40. The summed E-state index contributed by atoms with van der Waals surface area (Å²) in [6.45, 7) is 3.81. The number of carbonyl (C=O) groups is 1. The first-order valence-corrected chi connectivity index (χ1v) is 5.22. The van der Waals surface area contributed by atoms with Crippen LogP contribution in [0.1, 0.15) is 32.3 Å².